The van der Waals surface area contributed by atoms with Gasteiger partial charge in [0.1, 0.15) is 0 Å². The summed E-state index contributed by atoms with van der Waals surface area (Å²) >= 11 is 0. The number of hydrogen-bond acceptors (Lipinski definition) is 4. The number of nitrogens with one attached hydrogen (secondary N) is 1. The molecule has 2 rings (SSSR count). The van der Waals surface area contributed by atoms with Gasteiger partial charge in [0.05, 0.1) is 12.2 Å². The number of likely N-dealkylation sites (N-methyl/N-ethyl adjacent to an activating group) is 1. The third-order valence-corrected chi connectivity index (χ3v) is 3.90. The average molecular weight is 341 g/mol. The van der Waals surface area contributed by atoms with E-state index in [4.69, 9.17) is 4.74 Å². The van der Waals surface area contributed by atoms with Gasteiger partial charge in [-0.1, -0.05) is 29.8 Å². The van der Waals surface area contributed by atoms with Gasteiger partial charge in [0, 0.05) is 24.4 Å². The standard InChI is InChI=1S/C19H23N3O3/c1-13-5-7-16(8-6-13)11-22-15(3)17(14(2)21-22)9-10-19(24)25-12-18(23)20-4/h5-10H,11-12H2,1-4H3,(H,20,23)/b10-9-. The molecule has 2 aromatic rings. The van der Waals surface area contributed by atoms with Crippen molar-refractivity contribution in [1.82, 2.24) is 15.1 Å². The molecule has 0 fully saturated rings. The summed E-state index contributed by atoms with van der Waals surface area (Å²) in [7, 11) is 1.49. The van der Waals surface area contributed by atoms with Crippen LogP contribution in [-0.2, 0) is 20.9 Å². The monoisotopic (exact) mass is 341 g/mol. The summed E-state index contributed by atoms with van der Waals surface area (Å²) in [5.74, 6) is -0.909. The highest BCUT2D eigenvalue weighted by atomic mass is 16.5. The van der Waals surface area contributed by atoms with Crippen LogP contribution in [0.4, 0.5) is 0 Å². The van der Waals surface area contributed by atoms with Crippen molar-refractivity contribution in [3.05, 3.63) is 58.4 Å². The van der Waals surface area contributed by atoms with Gasteiger partial charge in [0.2, 0.25) is 0 Å². The minimum absolute atomic E-state index is 0.287. The second-order valence-electron chi connectivity index (χ2n) is 5.84. The molecule has 6 heteroatoms. The lowest BCUT2D eigenvalue weighted by atomic mass is 10.1. The molecule has 1 heterocycles. The lowest BCUT2D eigenvalue weighted by Crippen LogP contribution is -2.24. The number of carbonyl (C=O) groups excluding carboxylic acids is 2. The van der Waals surface area contributed by atoms with E-state index in [1.807, 2.05) is 18.5 Å². The predicted molar refractivity (Wildman–Crippen MR) is 96.0 cm³/mol. The first-order valence-electron chi connectivity index (χ1n) is 8.05. The van der Waals surface area contributed by atoms with Crippen LogP contribution in [-0.4, -0.2) is 35.3 Å². The molecule has 1 amide bonds. The summed E-state index contributed by atoms with van der Waals surface area (Å²) in [6.45, 7) is 6.29. The second kappa shape index (κ2) is 8.28. The lowest BCUT2D eigenvalue weighted by molar-refractivity contribution is -0.143. The summed E-state index contributed by atoms with van der Waals surface area (Å²) < 4.78 is 6.76. The van der Waals surface area contributed by atoms with Gasteiger partial charge in [-0.2, -0.15) is 5.10 Å². The van der Waals surface area contributed by atoms with Crippen molar-refractivity contribution in [3.63, 3.8) is 0 Å². The number of hydrogen-bond donors (Lipinski definition) is 1. The number of esters is 1. The smallest absolute Gasteiger partial charge is 0.331 e. The zero-order valence-corrected chi connectivity index (χ0v) is 15.0. The lowest BCUT2D eigenvalue weighted by Gasteiger charge is -2.05. The fraction of sp³-hybridized carbons (Fsp3) is 0.316. The number of carbonyl (C=O) groups is 2. The SMILES string of the molecule is CNC(=O)COC(=O)/C=C\c1c(C)nn(Cc2ccc(C)cc2)c1C. The zero-order chi connectivity index (χ0) is 18.4. The van der Waals surface area contributed by atoms with E-state index in [-0.39, 0.29) is 12.5 Å². The normalized spacial score (nSPS) is 10.9. The Morgan fingerprint density at radius 1 is 1.20 bits per heavy atom. The van der Waals surface area contributed by atoms with E-state index < -0.39 is 5.97 Å². The minimum atomic E-state index is -0.561. The molecule has 0 saturated carbocycles. The third-order valence-electron chi connectivity index (χ3n) is 3.90. The van der Waals surface area contributed by atoms with Crippen LogP contribution in [0.2, 0.25) is 0 Å². The fourth-order valence-corrected chi connectivity index (χ4v) is 2.38. The van der Waals surface area contributed by atoms with Crippen LogP contribution in [0.15, 0.2) is 30.3 Å². The number of ether oxygens (including phenoxy) is 1. The first-order valence-corrected chi connectivity index (χ1v) is 8.05. The van der Waals surface area contributed by atoms with Gasteiger partial charge in [-0.3, -0.25) is 9.48 Å². The highest BCUT2D eigenvalue weighted by molar-refractivity contribution is 5.89. The Labute approximate surface area is 147 Å². The van der Waals surface area contributed by atoms with E-state index in [0.717, 1.165) is 22.5 Å². The van der Waals surface area contributed by atoms with Crippen molar-refractivity contribution in [2.45, 2.75) is 27.3 Å². The van der Waals surface area contributed by atoms with Crippen LogP contribution in [0.5, 0.6) is 0 Å². The average Bonchev–Trinajstić information content (AvgIpc) is 2.86. The van der Waals surface area contributed by atoms with Crippen LogP contribution in [0.25, 0.3) is 6.08 Å². The van der Waals surface area contributed by atoms with Crippen molar-refractivity contribution in [1.29, 1.82) is 0 Å². The topological polar surface area (TPSA) is 73.2 Å². The van der Waals surface area contributed by atoms with Crippen LogP contribution in [0.1, 0.15) is 28.1 Å². The summed E-state index contributed by atoms with van der Waals surface area (Å²) in [6.07, 6.45) is 2.99. The van der Waals surface area contributed by atoms with Gasteiger partial charge in [0.15, 0.2) is 6.61 Å². The maximum absolute atomic E-state index is 11.7. The van der Waals surface area contributed by atoms with Gasteiger partial charge >= 0.3 is 5.97 Å². The first kappa shape index (κ1) is 18.4. The molecule has 0 bridgehead atoms. The van der Waals surface area contributed by atoms with Crippen LogP contribution < -0.4 is 5.32 Å². The summed E-state index contributed by atoms with van der Waals surface area (Å²) in [5, 5.41) is 6.93. The van der Waals surface area contributed by atoms with E-state index >= 15 is 0 Å². The van der Waals surface area contributed by atoms with E-state index in [9.17, 15) is 9.59 Å². The van der Waals surface area contributed by atoms with E-state index in [2.05, 4.69) is 41.6 Å². The first-order chi connectivity index (χ1) is 11.9. The fourth-order valence-electron chi connectivity index (χ4n) is 2.38. The predicted octanol–water partition coefficient (Wildman–Crippen LogP) is 2.16. The highest BCUT2D eigenvalue weighted by Crippen LogP contribution is 2.16. The van der Waals surface area contributed by atoms with Crippen LogP contribution >= 0.6 is 0 Å². The molecule has 0 aliphatic rings. The molecule has 0 spiro atoms. The number of rotatable bonds is 6. The zero-order valence-electron chi connectivity index (χ0n) is 15.0. The third kappa shape index (κ3) is 5.04. The number of aryl methyl sites for hydroxylation is 2. The second-order valence-corrected chi connectivity index (χ2v) is 5.84. The molecule has 132 valence electrons. The molecule has 0 unspecified atom stereocenters. The molecular weight excluding hydrogens is 318 g/mol. The quantitative estimate of drug-likeness (QED) is 0.645. The molecule has 0 radical (unpaired) electrons. The van der Waals surface area contributed by atoms with Crippen molar-refractivity contribution >= 4 is 18.0 Å². The molecule has 6 nitrogen and oxygen atoms in total. The van der Waals surface area contributed by atoms with Gasteiger partial charge < -0.3 is 10.1 Å². The Kier molecular flexibility index (Phi) is 6.11. The van der Waals surface area contributed by atoms with Crippen LogP contribution in [0.3, 0.4) is 0 Å². The molecule has 0 aliphatic carbocycles. The van der Waals surface area contributed by atoms with Crippen LogP contribution in [0, 0.1) is 20.8 Å². The van der Waals surface area contributed by atoms with Crippen molar-refractivity contribution in [2.75, 3.05) is 13.7 Å². The number of amides is 1. The van der Waals surface area contributed by atoms with Crippen molar-refractivity contribution in [2.24, 2.45) is 0 Å². The molecule has 1 N–H and O–H groups in total. The van der Waals surface area contributed by atoms with Gasteiger partial charge in [-0.05, 0) is 32.4 Å². The Morgan fingerprint density at radius 3 is 2.52 bits per heavy atom. The van der Waals surface area contributed by atoms with Crippen molar-refractivity contribution in [3.8, 4) is 0 Å². The summed E-state index contributed by atoms with van der Waals surface area (Å²) in [4.78, 5) is 22.7. The largest absolute Gasteiger partial charge is 0.452 e. The van der Waals surface area contributed by atoms with Crippen molar-refractivity contribution < 1.29 is 14.3 Å². The highest BCUT2D eigenvalue weighted by Gasteiger charge is 2.10. The number of aromatic nitrogens is 2. The molecular formula is C19H23N3O3. The molecule has 0 saturated heterocycles. The van der Waals surface area contributed by atoms with E-state index in [0.29, 0.717) is 6.54 Å². The number of benzene rings is 1. The maximum atomic E-state index is 11.7. The molecule has 0 atom stereocenters. The van der Waals surface area contributed by atoms with E-state index in [1.165, 1.54) is 18.7 Å². The Morgan fingerprint density at radius 2 is 1.88 bits per heavy atom. The molecule has 1 aromatic carbocycles. The van der Waals surface area contributed by atoms with Gasteiger partial charge in [0.25, 0.3) is 5.91 Å². The summed E-state index contributed by atoms with van der Waals surface area (Å²) in [5.41, 5.74) is 5.06. The molecule has 0 aliphatic heterocycles. The molecule has 1 aromatic heterocycles. The minimum Gasteiger partial charge on any atom is -0.452 e. The van der Waals surface area contributed by atoms with E-state index in [1.54, 1.807) is 6.08 Å². The molecule has 25 heavy (non-hydrogen) atoms. The Hall–Kier alpha value is -2.89. The maximum Gasteiger partial charge on any atom is 0.331 e. The number of nitrogens with zero attached hydrogens (tertiary/aromatic N) is 2. The Bertz CT molecular complexity index is 789. The van der Waals surface area contributed by atoms with Gasteiger partial charge in [-0.25, -0.2) is 4.79 Å². The summed E-state index contributed by atoms with van der Waals surface area (Å²) in [6, 6.07) is 8.31. The Balaban J connectivity index is 2.08. The van der Waals surface area contributed by atoms with Gasteiger partial charge in [-0.15, -0.1) is 0 Å².